The minimum Gasteiger partial charge on any atom is -0.357 e. The molecule has 0 aliphatic heterocycles. The van der Waals surface area contributed by atoms with Crippen molar-refractivity contribution in [1.29, 1.82) is 0 Å². The third-order valence-electron chi connectivity index (χ3n) is 4.52. The molecule has 3 N–H and O–H groups in total. The first-order valence-electron chi connectivity index (χ1n) is 10.1. The van der Waals surface area contributed by atoms with Crippen LogP contribution in [0.15, 0.2) is 76.7 Å². The number of hydrogen-bond donors (Lipinski definition) is 3. The average Bonchev–Trinajstić information content (AvgIpc) is 3.25. The van der Waals surface area contributed by atoms with Crippen molar-refractivity contribution >= 4 is 40.0 Å². The molecule has 0 radical (unpaired) electrons. The van der Waals surface area contributed by atoms with E-state index in [0.717, 1.165) is 17.1 Å². The molecule has 0 saturated carbocycles. The van der Waals surface area contributed by atoms with Crippen molar-refractivity contribution in [3.05, 3.63) is 72.7 Å². The van der Waals surface area contributed by atoms with E-state index in [1.165, 1.54) is 0 Å². The number of nitrogens with zero attached hydrogens (tertiary/aromatic N) is 3. The van der Waals surface area contributed by atoms with E-state index in [1.807, 2.05) is 55.4 Å². The molecule has 0 amide bonds. The highest BCUT2D eigenvalue weighted by atomic mass is 127. The molecule has 1 aromatic heterocycles. The third kappa shape index (κ3) is 7.31. The Bertz CT molecular complexity index is 1090. The normalized spacial score (nSPS) is 11.6. The second-order valence-corrected chi connectivity index (χ2v) is 8.68. The molecule has 32 heavy (non-hydrogen) atoms. The summed E-state index contributed by atoms with van der Waals surface area (Å²) < 4.78 is 27.2. The smallest absolute Gasteiger partial charge is 0.240 e. The molecular weight excluding hydrogens is 539 g/mol. The van der Waals surface area contributed by atoms with Crippen molar-refractivity contribution in [3.8, 4) is 11.3 Å². The molecule has 172 valence electrons. The minimum absolute atomic E-state index is 0. The minimum atomic E-state index is -3.53. The summed E-state index contributed by atoms with van der Waals surface area (Å²) in [6, 6.07) is 18.3. The van der Waals surface area contributed by atoms with Gasteiger partial charge in [-0.1, -0.05) is 48.5 Å². The maximum absolute atomic E-state index is 12.3. The summed E-state index contributed by atoms with van der Waals surface area (Å²) in [6.45, 7) is 3.74. The molecule has 0 spiro atoms. The predicted molar refractivity (Wildman–Crippen MR) is 139 cm³/mol. The van der Waals surface area contributed by atoms with Crippen molar-refractivity contribution in [1.82, 2.24) is 24.9 Å². The Hall–Kier alpha value is -2.44. The highest BCUT2D eigenvalue weighted by molar-refractivity contribution is 14.0. The van der Waals surface area contributed by atoms with E-state index in [0.29, 0.717) is 25.6 Å². The number of halogens is 1. The van der Waals surface area contributed by atoms with E-state index >= 15 is 0 Å². The summed E-state index contributed by atoms with van der Waals surface area (Å²) in [5.74, 6) is 1.50. The van der Waals surface area contributed by atoms with Crippen LogP contribution in [0.3, 0.4) is 0 Å². The van der Waals surface area contributed by atoms with Crippen LogP contribution in [0, 0.1) is 0 Å². The van der Waals surface area contributed by atoms with Gasteiger partial charge in [-0.25, -0.2) is 18.1 Å². The molecule has 0 aliphatic rings. The van der Waals surface area contributed by atoms with Crippen molar-refractivity contribution in [2.24, 2.45) is 4.99 Å². The average molecular weight is 568 g/mol. The second kappa shape index (κ2) is 12.6. The number of imidazole rings is 1. The van der Waals surface area contributed by atoms with Crippen molar-refractivity contribution in [2.75, 3.05) is 26.7 Å². The molecule has 0 bridgehead atoms. The van der Waals surface area contributed by atoms with E-state index in [9.17, 15) is 8.42 Å². The van der Waals surface area contributed by atoms with E-state index in [2.05, 4.69) is 25.0 Å². The lowest BCUT2D eigenvalue weighted by Gasteiger charge is -2.21. The molecule has 3 aromatic rings. The van der Waals surface area contributed by atoms with Crippen LogP contribution in [0.4, 0.5) is 0 Å². The topological polar surface area (TPSA) is 102 Å². The van der Waals surface area contributed by atoms with Gasteiger partial charge >= 0.3 is 0 Å². The monoisotopic (exact) mass is 568 g/mol. The van der Waals surface area contributed by atoms with Crippen LogP contribution in [-0.2, 0) is 16.6 Å². The molecule has 0 atom stereocenters. The molecule has 2 aromatic carbocycles. The first-order valence-corrected chi connectivity index (χ1v) is 11.6. The van der Waals surface area contributed by atoms with Gasteiger partial charge in [0.1, 0.15) is 5.82 Å². The predicted octanol–water partition coefficient (Wildman–Crippen LogP) is 3.07. The van der Waals surface area contributed by atoms with Gasteiger partial charge in [0.05, 0.1) is 29.9 Å². The van der Waals surface area contributed by atoms with Gasteiger partial charge in [0.15, 0.2) is 5.96 Å². The van der Waals surface area contributed by atoms with Crippen LogP contribution in [0.2, 0.25) is 0 Å². The molecule has 8 nitrogen and oxygen atoms in total. The number of rotatable bonds is 9. The highest BCUT2D eigenvalue weighted by Gasteiger charge is 2.13. The fourth-order valence-corrected chi connectivity index (χ4v) is 4.04. The van der Waals surface area contributed by atoms with Crippen LogP contribution in [0.5, 0.6) is 0 Å². The van der Waals surface area contributed by atoms with Crippen LogP contribution >= 0.6 is 24.0 Å². The first kappa shape index (κ1) is 25.8. The van der Waals surface area contributed by atoms with E-state index in [-0.39, 0.29) is 35.4 Å². The zero-order valence-corrected chi connectivity index (χ0v) is 21.3. The molecule has 1 heterocycles. The van der Waals surface area contributed by atoms with Gasteiger partial charge in [0.25, 0.3) is 0 Å². The van der Waals surface area contributed by atoms with Gasteiger partial charge in [-0.2, -0.15) is 0 Å². The molecular formula is C22H29IN6O2S. The third-order valence-corrected chi connectivity index (χ3v) is 5.99. The molecule has 10 heteroatoms. The van der Waals surface area contributed by atoms with Gasteiger partial charge < -0.3 is 15.2 Å². The molecule has 0 aliphatic carbocycles. The summed E-state index contributed by atoms with van der Waals surface area (Å²) in [5.41, 5.74) is 2.04. The lowest BCUT2D eigenvalue weighted by molar-refractivity contribution is 0.464. The van der Waals surface area contributed by atoms with Gasteiger partial charge in [0, 0.05) is 20.1 Å². The zero-order valence-electron chi connectivity index (χ0n) is 18.2. The van der Waals surface area contributed by atoms with Crippen LogP contribution in [-0.4, -0.2) is 55.9 Å². The maximum atomic E-state index is 12.3. The number of aromatic nitrogens is 2. The Balaban J connectivity index is 0.00000363. The van der Waals surface area contributed by atoms with Gasteiger partial charge in [-0.15, -0.1) is 24.0 Å². The molecule has 0 saturated heterocycles. The Morgan fingerprint density at radius 2 is 1.75 bits per heavy atom. The number of guanidine groups is 1. The van der Waals surface area contributed by atoms with Crippen LogP contribution < -0.4 is 10.0 Å². The van der Waals surface area contributed by atoms with E-state index in [4.69, 9.17) is 0 Å². The van der Waals surface area contributed by atoms with Crippen LogP contribution in [0.25, 0.3) is 11.3 Å². The van der Waals surface area contributed by atoms with E-state index in [1.54, 1.807) is 30.3 Å². The van der Waals surface area contributed by atoms with Crippen LogP contribution in [0.1, 0.15) is 12.7 Å². The number of nitrogens with one attached hydrogen (secondary N) is 3. The quantitative estimate of drug-likeness (QED) is 0.160. The lowest BCUT2D eigenvalue weighted by Crippen LogP contribution is -2.39. The number of aromatic amines is 1. The number of sulfonamides is 1. The highest BCUT2D eigenvalue weighted by Crippen LogP contribution is 2.16. The number of H-pyrrole nitrogens is 1. The fraction of sp³-hybridized carbons (Fsp3) is 0.273. The summed E-state index contributed by atoms with van der Waals surface area (Å²) in [7, 11) is -1.61. The molecule has 3 rings (SSSR count). The summed E-state index contributed by atoms with van der Waals surface area (Å²) in [4.78, 5) is 14.5. The summed E-state index contributed by atoms with van der Waals surface area (Å²) >= 11 is 0. The Morgan fingerprint density at radius 3 is 2.41 bits per heavy atom. The summed E-state index contributed by atoms with van der Waals surface area (Å²) in [6.07, 6.45) is 1.82. The first-order chi connectivity index (χ1) is 15.0. The number of aliphatic imine (C=N–C) groups is 1. The van der Waals surface area contributed by atoms with Crippen molar-refractivity contribution in [2.45, 2.75) is 18.4 Å². The maximum Gasteiger partial charge on any atom is 0.240 e. The Kier molecular flexibility index (Phi) is 10.1. The van der Waals surface area contributed by atoms with Gasteiger partial charge in [-0.05, 0) is 24.6 Å². The number of benzene rings is 2. The summed E-state index contributed by atoms with van der Waals surface area (Å²) in [5, 5.41) is 3.23. The van der Waals surface area contributed by atoms with Crippen molar-refractivity contribution < 1.29 is 8.42 Å². The SMILES string of the molecule is CCNC(=NCCNS(=O)(=O)c1ccccc1)N(C)Cc1ncc(-c2ccccc2)[nH]1.I. The van der Waals surface area contributed by atoms with Crippen molar-refractivity contribution in [3.63, 3.8) is 0 Å². The zero-order chi connectivity index (χ0) is 22.1. The van der Waals surface area contributed by atoms with E-state index < -0.39 is 10.0 Å². The Morgan fingerprint density at radius 1 is 1.09 bits per heavy atom. The molecule has 0 unspecified atom stereocenters. The molecule has 0 fully saturated rings. The standard InChI is InChI=1S/C22H28N6O2S.HI/c1-3-23-22(24-14-15-26-31(29,30)19-12-8-5-9-13-19)28(2)17-21-25-16-20(27-21)18-10-6-4-7-11-18;/h4-13,16,26H,3,14-15,17H2,1-2H3,(H,23,24)(H,25,27);1H. The lowest BCUT2D eigenvalue weighted by atomic mass is 10.2. The fourth-order valence-electron chi connectivity index (χ4n) is 3.00. The largest absolute Gasteiger partial charge is 0.357 e. The number of hydrogen-bond acceptors (Lipinski definition) is 4. The second-order valence-electron chi connectivity index (χ2n) is 6.91. The Labute approximate surface area is 206 Å². The van der Waals surface area contributed by atoms with Gasteiger partial charge in [0.2, 0.25) is 10.0 Å². The van der Waals surface area contributed by atoms with Gasteiger partial charge in [-0.3, -0.25) is 4.99 Å².